The molecule has 2 bridgehead atoms. The molecule has 1 aromatic rings. The van der Waals surface area contributed by atoms with E-state index < -0.39 is 0 Å². The van der Waals surface area contributed by atoms with Gasteiger partial charge in [0.1, 0.15) is 5.75 Å². The van der Waals surface area contributed by atoms with Gasteiger partial charge in [-0.25, -0.2) is 0 Å². The van der Waals surface area contributed by atoms with Crippen LogP contribution in [0.5, 0.6) is 5.75 Å². The van der Waals surface area contributed by atoms with Crippen LogP contribution in [0.25, 0.3) is 0 Å². The lowest BCUT2D eigenvalue weighted by Crippen LogP contribution is -2.37. The fraction of sp³-hybridized carbons (Fsp3) is 0.647. The first kappa shape index (κ1) is 13.9. The highest BCUT2D eigenvalue weighted by Crippen LogP contribution is 2.25. The van der Waals surface area contributed by atoms with Gasteiger partial charge >= 0.3 is 0 Å². The topological polar surface area (TPSA) is 15.7 Å². The van der Waals surface area contributed by atoms with Crippen molar-refractivity contribution < 1.29 is 4.74 Å². The molecule has 1 aromatic carbocycles. The van der Waals surface area contributed by atoms with E-state index in [1.165, 1.54) is 50.1 Å². The predicted octanol–water partition coefficient (Wildman–Crippen LogP) is 2.54. The van der Waals surface area contributed by atoms with E-state index >= 15 is 0 Å². The van der Waals surface area contributed by atoms with Gasteiger partial charge in [0.05, 0.1) is 7.11 Å². The summed E-state index contributed by atoms with van der Waals surface area (Å²) in [6.07, 6.45) is 3.77. The van der Waals surface area contributed by atoms with Crippen molar-refractivity contribution in [3.05, 3.63) is 29.3 Å². The number of rotatable bonds is 4. The quantitative estimate of drug-likeness (QED) is 0.839. The smallest absolute Gasteiger partial charge is 0.119 e. The number of ether oxygens (including phenoxy) is 1. The maximum absolute atomic E-state index is 5.35. The number of piperidine rings is 1. The van der Waals surface area contributed by atoms with Crippen LogP contribution < -0.4 is 4.74 Å². The molecule has 3 heterocycles. The number of nitrogens with zero attached hydrogens (tertiary/aromatic N) is 2. The molecule has 110 valence electrons. The third-order valence-corrected chi connectivity index (χ3v) is 4.94. The van der Waals surface area contributed by atoms with Crippen LogP contribution in [0.1, 0.15) is 30.9 Å². The van der Waals surface area contributed by atoms with Crippen molar-refractivity contribution in [1.29, 1.82) is 0 Å². The van der Waals surface area contributed by atoms with Gasteiger partial charge in [0.15, 0.2) is 0 Å². The van der Waals surface area contributed by atoms with E-state index in [4.69, 9.17) is 4.74 Å². The van der Waals surface area contributed by atoms with E-state index in [0.717, 1.165) is 24.8 Å². The average Bonchev–Trinajstić information content (AvgIpc) is 2.81. The highest BCUT2D eigenvalue weighted by atomic mass is 16.5. The standard InChI is InChI=1S/C17H26N2O/c1-3-14-12-17(20-2)5-4-15(14)13-19-11-10-18-8-6-16(19)7-9-18/h4-5,12,16H,3,6-11,13H2,1-2H3. The van der Waals surface area contributed by atoms with Crippen molar-refractivity contribution in [1.82, 2.24) is 9.80 Å². The minimum atomic E-state index is 0.792. The molecule has 0 spiro atoms. The molecule has 4 rings (SSSR count). The fourth-order valence-electron chi connectivity index (χ4n) is 3.60. The molecule has 3 heteroatoms. The van der Waals surface area contributed by atoms with Gasteiger partial charge in [-0.05, 0) is 55.6 Å². The van der Waals surface area contributed by atoms with Gasteiger partial charge in [-0.1, -0.05) is 13.0 Å². The number of fused-ring (bicyclic) bond motifs is 4. The van der Waals surface area contributed by atoms with Crippen LogP contribution in [0.15, 0.2) is 18.2 Å². The molecule has 0 aliphatic carbocycles. The van der Waals surface area contributed by atoms with Crippen molar-refractivity contribution in [2.24, 2.45) is 0 Å². The molecule has 0 amide bonds. The Hall–Kier alpha value is -1.06. The van der Waals surface area contributed by atoms with Crippen LogP contribution in [0.3, 0.4) is 0 Å². The second-order valence-corrected chi connectivity index (χ2v) is 6.03. The predicted molar refractivity (Wildman–Crippen MR) is 82.2 cm³/mol. The monoisotopic (exact) mass is 274 g/mol. The molecule has 0 aromatic heterocycles. The zero-order valence-electron chi connectivity index (χ0n) is 12.8. The van der Waals surface area contributed by atoms with Gasteiger partial charge in [-0.15, -0.1) is 0 Å². The van der Waals surface area contributed by atoms with Crippen LogP contribution >= 0.6 is 0 Å². The molecular formula is C17H26N2O. The van der Waals surface area contributed by atoms with Crippen LogP contribution in [0.4, 0.5) is 0 Å². The van der Waals surface area contributed by atoms with Gasteiger partial charge < -0.3 is 9.64 Å². The fourth-order valence-corrected chi connectivity index (χ4v) is 3.60. The lowest BCUT2D eigenvalue weighted by Gasteiger charge is -2.31. The van der Waals surface area contributed by atoms with E-state index in [0.29, 0.717) is 0 Å². The number of aryl methyl sites for hydroxylation is 1. The Bertz CT molecular complexity index is 452. The van der Waals surface area contributed by atoms with Gasteiger partial charge in [-0.3, -0.25) is 4.90 Å². The molecule has 3 saturated heterocycles. The number of hydrogen-bond acceptors (Lipinski definition) is 3. The Labute approximate surface area is 122 Å². The Morgan fingerprint density at radius 3 is 2.60 bits per heavy atom. The molecular weight excluding hydrogens is 248 g/mol. The summed E-state index contributed by atoms with van der Waals surface area (Å²) in [5.74, 6) is 0.980. The summed E-state index contributed by atoms with van der Waals surface area (Å²) in [6.45, 7) is 8.40. The SMILES string of the molecule is CCc1cc(OC)ccc1CN1CCN2CCC1CC2. The normalized spacial score (nSPS) is 26.5. The first-order valence-corrected chi connectivity index (χ1v) is 7.92. The molecule has 0 radical (unpaired) electrons. The zero-order chi connectivity index (χ0) is 13.9. The molecule has 20 heavy (non-hydrogen) atoms. The van der Waals surface area contributed by atoms with Crippen molar-refractivity contribution in [3.8, 4) is 5.75 Å². The molecule has 3 aliphatic rings. The van der Waals surface area contributed by atoms with E-state index in [2.05, 4.69) is 34.9 Å². The second-order valence-electron chi connectivity index (χ2n) is 6.03. The molecule has 3 nitrogen and oxygen atoms in total. The van der Waals surface area contributed by atoms with Crippen molar-refractivity contribution >= 4 is 0 Å². The average molecular weight is 274 g/mol. The lowest BCUT2D eigenvalue weighted by molar-refractivity contribution is 0.176. The highest BCUT2D eigenvalue weighted by molar-refractivity contribution is 5.35. The van der Waals surface area contributed by atoms with Crippen LogP contribution in [0, 0.1) is 0 Å². The number of methoxy groups -OCH3 is 1. The molecule has 0 unspecified atom stereocenters. The zero-order valence-corrected chi connectivity index (χ0v) is 12.8. The summed E-state index contributed by atoms with van der Waals surface area (Å²) in [7, 11) is 1.75. The van der Waals surface area contributed by atoms with Gasteiger partial charge in [-0.2, -0.15) is 0 Å². The van der Waals surface area contributed by atoms with Crippen molar-refractivity contribution in [2.45, 2.75) is 38.8 Å². The summed E-state index contributed by atoms with van der Waals surface area (Å²) in [5.41, 5.74) is 2.91. The van der Waals surface area contributed by atoms with Crippen LogP contribution in [0.2, 0.25) is 0 Å². The third-order valence-electron chi connectivity index (χ3n) is 4.94. The number of benzene rings is 1. The Morgan fingerprint density at radius 2 is 1.90 bits per heavy atom. The highest BCUT2D eigenvalue weighted by Gasteiger charge is 2.29. The molecule has 0 N–H and O–H groups in total. The third kappa shape index (κ3) is 2.84. The summed E-state index contributed by atoms with van der Waals surface area (Å²) >= 11 is 0. The largest absolute Gasteiger partial charge is 0.497 e. The minimum absolute atomic E-state index is 0.792. The summed E-state index contributed by atoms with van der Waals surface area (Å²) < 4.78 is 5.35. The Kier molecular flexibility index (Phi) is 4.27. The molecule has 0 saturated carbocycles. The minimum Gasteiger partial charge on any atom is -0.497 e. The second kappa shape index (κ2) is 6.15. The van der Waals surface area contributed by atoms with E-state index in [1.807, 2.05) is 0 Å². The summed E-state index contributed by atoms with van der Waals surface area (Å²) in [4.78, 5) is 5.32. The van der Waals surface area contributed by atoms with Crippen molar-refractivity contribution in [2.75, 3.05) is 33.3 Å². The first-order valence-electron chi connectivity index (χ1n) is 7.92. The van der Waals surface area contributed by atoms with Crippen LogP contribution in [-0.4, -0.2) is 49.1 Å². The van der Waals surface area contributed by atoms with E-state index in [-0.39, 0.29) is 0 Å². The van der Waals surface area contributed by atoms with Crippen LogP contribution in [-0.2, 0) is 13.0 Å². The lowest BCUT2D eigenvalue weighted by atomic mass is 10.0. The van der Waals surface area contributed by atoms with Gasteiger partial charge in [0.25, 0.3) is 0 Å². The van der Waals surface area contributed by atoms with Gasteiger partial charge in [0.2, 0.25) is 0 Å². The summed E-state index contributed by atoms with van der Waals surface area (Å²) in [6, 6.07) is 7.36. The first-order chi connectivity index (χ1) is 9.80. The molecule has 0 atom stereocenters. The van der Waals surface area contributed by atoms with Gasteiger partial charge in [0, 0.05) is 25.7 Å². The summed E-state index contributed by atoms with van der Waals surface area (Å²) in [5, 5.41) is 0. The maximum atomic E-state index is 5.35. The Morgan fingerprint density at radius 1 is 1.10 bits per heavy atom. The van der Waals surface area contributed by atoms with E-state index in [9.17, 15) is 0 Å². The molecule has 3 fully saturated rings. The Balaban J connectivity index is 1.76. The number of hydrogen-bond donors (Lipinski definition) is 0. The maximum Gasteiger partial charge on any atom is 0.119 e. The molecule has 3 aliphatic heterocycles. The van der Waals surface area contributed by atoms with Crippen molar-refractivity contribution in [3.63, 3.8) is 0 Å². The van der Waals surface area contributed by atoms with E-state index in [1.54, 1.807) is 7.11 Å².